The minimum absolute atomic E-state index is 0.127. The van der Waals surface area contributed by atoms with Gasteiger partial charge in [-0.1, -0.05) is 36.2 Å². The van der Waals surface area contributed by atoms with E-state index in [0.717, 1.165) is 17.5 Å². The van der Waals surface area contributed by atoms with Crippen LogP contribution in [0.2, 0.25) is 10.0 Å². The van der Waals surface area contributed by atoms with Crippen molar-refractivity contribution in [2.45, 2.75) is 19.8 Å². The Labute approximate surface area is 121 Å². The van der Waals surface area contributed by atoms with E-state index in [1.54, 1.807) is 24.4 Å². The topological polar surface area (TPSA) is 57.8 Å². The summed E-state index contributed by atoms with van der Waals surface area (Å²) in [7, 11) is 0. The first-order valence-corrected chi connectivity index (χ1v) is 6.61. The van der Waals surface area contributed by atoms with Crippen LogP contribution in [0.4, 0.5) is 5.82 Å². The smallest absolute Gasteiger partial charge is 0.229 e. The summed E-state index contributed by atoms with van der Waals surface area (Å²) in [6, 6.07) is 5.15. The number of nitrogens with one attached hydrogen (secondary N) is 2. The summed E-state index contributed by atoms with van der Waals surface area (Å²) in [6.45, 7) is 2.00. The van der Waals surface area contributed by atoms with Crippen molar-refractivity contribution in [3.05, 3.63) is 45.6 Å². The number of halogens is 2. The van der Waals surface area contributed by atoms with E-state index in [0.29, 0.717) is 15.9 Å². The first-order chi connectivity index (χ1) is 9.10. The van der Waals surface area contributed by atoms with Gasteiger partial charge in [0.05, 0.1) is 22.7 Å². The van der Waals surface area contributed by atoms with Crippen LogP contribution in [0.3, 0.4) is 0 Å². The molecule has 1 aromatic heterocycles. The maximum Gasteiger partial charge on any atom is 0.229 e. The molecule has 0 spiro atoms. The molecule has 0 atom stereocenters. The van der Waals surface area contributed by atoms with Crippen molar-refractivity contribution in [3.8, 4) is 0 Å². The lowest BCUT2D eigenvalue weighted by Crippen LogP contribution is -2.15. The molecule has 4 nitrogen and oxygen atoms in total. The Kier molecular flexibility index (Phi) is 4.45. The molecule has 2 rings (SSSR count). The summed E-state index contributed by atoms with van der Waals surface area (Å²) in [5, 5.41) is 10.4. The maximum absolute atomic E-state index is 11.9. The molecule has 0 saturated carbocycles. The zero-order valence-corrected chi connectivity index (χ0v) is 11.8. The van der Waals surface area contributed by atoms with E-state index in [9.17, 15) is 4.79 Å². The Bertz CT molecular complexity index is 595. The fourth-order valence-electron chi connectivity index (χ4n) is 1.71. The molecule has 100 valence electrons. The van der Waals surface area contributed by atoms with Crippen LogP contribution in [0.15, 0.2) is 24.4 Å². The number of benzene rings is 1. The van der Waals surface area contributed by atoms with Crippen LogP contribution >= 0.6 is 23.2 Å². The Morgan fingerprint density at radius 1 is 1.37 bits per heavy atom. The van der Waals surface area contributed by atoms with E-state index in [1.807, 2.05) is 6.92 Å². The third-order valence-corrected chi connectivity index (χ3v) is 3.45. The predicted molar refractivity (Wildman–Crippen MR) is 76.8 cm³/mol. The Hall–Kier alpha value is -1.52. The second-order valence-electron chi connectivity index (χ2n) is 4.10. The number of carbonyl (C=O) groups excluding carboxylic acids is 1. The predicted octanol–water partition coefficient (Wildman–Crippen LogP) is 3.46. The Balaban J connectivity index is 2.03. The van der Waals surface area contributed by atoms with Crippen molar-refractivity contribution in [1.82, 2.24) is 10.2 Å². The van der Waals surface area contributed by atoms with E-state index in [4.69, 9.17) is 23.2 Å². The molecule has 19 heavy (non-hydrogen) atoms. The molecule has 0 aliphatic heterocycles. The summed E-state index contributed by atoms with van der Waals surface area (Å²) in [5.41, 5.74) is 1.78. The van der Waals surface area contributed by atoms with Gasteiger partial charge in [0.15, 0.2) is 0 Å². The standard InChI is InChI=1S/C13H13Cl2N3O/c1-2-9-7-16-18-13(9)17-12(19)6-8-3-4-10(14)11(15)5-8/h3-5,7H,2,6H2,1H3,(H2,16,17,18,19). The van der Waals surface area contributed by atoms with Gasteiger partial charge in [-0.3, -0.25) is 9.89 Å². The summed E-state index contributed by atoms with van der Waals surface area (Å²) in [4.78, 5) is 11.9. The fourth-order valence-corrected chi connectivity index (χ4v) is 2.03. The van der Waals surface area contributed by atoms with Gasteiger partial charge in [0.2, 0.25) is 5.91 Å². The molecule has 0 unspecified atom stereocenters. The average Bonchev–Trinajstić information content (AvgIpc) is 2.81. The lowest BCUT2D eigenvalue weighted by atomic mass is 10.1. The van der Waals surface area contributed by atoms with Crippen molar-refractivity contribution in [1.29, 1.82) is 0 Å². The minimum Gasteiger partial charge on any atom is -0.311 e. The lowest BCUT2D eigenvalue weighted by Gasteiger charge is -2.05. The van der Waals surface area contributed by atoms with Crippen LogP contribution in [0.5, 0.6) is 0 Å². The Morgan fingerprint density at radius 2 is 2.16 bits per heavy atom. The second-order valence-corrected chi connectivity index (χ2v) is 4.91. The number of aryl methyl sites for hydroxylation is 1. The lowest BCUT2D eigenvalue weighted by molar-refractivity contribution is -0.115. The third kappa shape index (κ3) is 3.49. The molecule has 0 bridgehead atoms. The second kappa shape index (κ2) is 6.08. The Morgan fingerprint density at radius 3 is 2.84 bits per heavy atom. The first kappa shape index (κ1) is 13.9. The van der Waals surface area contributed by atoms with Crippen LogP contribution in [0.25, 0.3) is 0 Å². The number of nitrogens with zero attached hydrogens (tertiary/aromatic N) is 1. The summed E-state index contributed by atoms with van der Waals surface area (Å²) in [6.07, 6.45) is 2.74. The number of anilines is 1. The number of aromatic nitrogens is 2. The van der Waals surface area contributed by atoms with Crippen LogP contribution in [-0.2, 0) is 17.6 Å². The highest BCUT2D eigenvalue weighted by atomic mass is 35.5. The van der Waals surface area contributed by atoms with Crippen molar-refractivity contribution in [2.75, 3.05) is 5.32 Å². The molecule has 0 saturated heterocycles. The van der Waals surface area contributed by atoms with Gasteiger partial charge in [-0.2, -0.15) is 5.10 Å². The van der Waals surface area contributed by atoms with Crippen molar-refractivity contribution in [3.63, 3.8) is 0 Å². The molecule has 1 heterocycles. The number of H-pyrrole nitrogens is 1. The van der Waals surface area contributed by atoms with Gasteiger partial charge in [0.25, 0.3) is 0 Å². The van der Waals surface area contributed by atoms with Gasteiger partial charge in [0.1, 0.15) is 5.82 Å². The molecular weight excluding hydrogens is 285 g/mol. The van der Waals surface area contributed by atoms with Crippen LogP contribution in [0.1, 0.15) is 18.1 Å². The molecule has 2 aromatic rings. The SMILES string of the molecule is CCc1cn[nH]c1NC(=O)Cc1ccc(Cl)c(Cl)c1. The number of carbonyl (C=O) groups is 1. The number of hydrogen-bond donors (Lipinski definition) is 2. The van der Waals surface area contributed by atoms with Gasteiger partial charge in [-0.15, -0.1) is 0 Å². The van der Waals surface area contributed by atoms with E-state index in [2.05, 4.69) is 15.5 Å². The van der Waals surface area contributed by atoms with E-state index >= 15 is 0 Å². The number of rotatable bonds is 4. The van der Waals surface area contributed by atoms with E-state index in [-0.39, 0.29) is 12.3 Å². The van der Waals surface area contributed by atoms with Crippen LogP contribution < -0.4 is 5.32 Å². The molecule has 0 fully saturated rings. The average molecular weight is 298 g/mol. The first-order valence-electron chi connectivity index (χ1n) is 5.86. The fraction of sp³-hybridized carbons (Fsp3) is 0.231. The summed E-state index contributed by atoms with van der Waals surface area (Å²) < 4.78 is 0. The quantitative estimate of drug-likeness (QED) is 0.908. The summed E-state index contributed by atoms with van der Waals surface area (Å²) in [5.74, 6) is 0.518. The number of amides is 1. The van der Waals surface area contributed by atoms with Gasteiger partial charge in [0, 0.05) is 5.56 Å². The molecule has 0 aliphatic rings. The van der Waals surface area contributed by atoms with Gasteiger partial charge < -0.3 is 5.32 Å². The van der Waals surface area contributed by atoms with Gasteiger partial charge >= 0.3 is 0 Å². The van der Waals surface area contributed by atoms with E-state index in [1.165, 1.54) is 0 Å². The normalized spacial score (nSPS) is 10.5. The third-order valence-electron chi connectivity index (χ3n) is 2.71. The molecule has 0 radical (unpaired) electrons. The number of aromatic amines is 1. The van der Waals surface area contributed by atoms with E-state index < -0.39 is 0 Å². The monoisotopic (exact) mass is 297 g/mol. The molecule has 1 aromatic carbocycles. The molecule has 2 N–H and O–H groups in total. The molecular formula is C13H13Cl2N3O. The molecule has 1 amide bonds. The van der Waals surface area contributed by atoms with Crippen molar-refractivity contribution in [2.24, 2.45) is 0 Å². The van der Waals surface area contributed by atoms with Crippen molar-refractivity contribution < 1.29 is 4.79 Å². The highest BCUT2D eigenvalue weighted by molar-refractivity contribution is 6.42. The maximum atomic E-state index is 11.9. The van der Waals surface area contributed by atoms with Gasteiger partial charge in [-0.25, -0.2) is 0 Å². The molecule has 0 aliphatic carbocycles. The highest BCUT2D eigenvalue weighted by Gasteiger charge is 2.09. The minimum atomic E-state index is -0.127. The van der Waals surface area contributed by atoms with Gasteiger partial charge in [-0.05, 0) is 24.1 Å². The zero-order chi connectivity index (χ0) is 13.8. The zero-order valence-electron chi connectivity index (χ0n) is 10.3. The molecule has 6 heteroatoms. The van der Waals surface area contributed by atoms with Crippen LogP contribution in [-0.4, -0.2) is 16.1 Å². The largest absolute Gasteiger partial charge is 0.311 e. The van der Waals surface area contributed by atoms with Crippen LogP contribution in [0, 0.1) is 0 Å². The highest BCUT2D eigenvalue weighted by Crippen LogP contribution is 2.23. The number of hydrogen-bond acceptors (Lipinski definition) is 2. The van der Waals surface area contributed by atoms with Crippen molar-refractivity contribution >= 4 is 34.9 Å². The summed E-state index contributed by atoms with van der Waals surface area (Å²) >= 11 is 11.7.